The van der Waals surface area contributed by atoms with E-state index in [1.165, 1.54) is 24.3 Å². The van der Waals surface area contributed by atoms with E-state index in [4.69, 9.17) is 22.1 Å². The minimum Gasteiger partial charge on any atom is -0.465 e. The Hall–Kier alpha value is -4.20. The first-order chi connectivity index (χ1) is 17.5. The van der Waals surface area contributed by atoms with E-state index in [0.717, 1.165) is 31.4 Å². The number of aliphatic hydroxyl groups is 1. The van der Waals surface area contributed by atoms with Crippen molar-refractivity contribution in [3.05, 3.63) is 98.8 Å². The summed E-state index contributed by atoms with van der Waals surface area (Å²) in [6, 6.07) is 10.1. The lowest BCUT2D eigenvalue weighted by Gasteiger charge is -2.17. The molecule has 1 amide bonds. The lowest BCUT2D eigenvalue weighted by Crippen LogP contribution is -2.21. The highest BCUT2D eigenvalue weighted by atomic mass is 35.5. The molecular weight excluding hydrogens is 516 g/mol. The number of hydrogen-bond donors (Lipinski definition) is 3. The predicted octanol–water partition coefficient (Wildman–Crippen LogP) is 5.30. The van der Waals surface area contributed by atoms with E-state index < -0.39 is 52.3 Å². The van der Waals surface area contributed by atoms with E-state index in [0.29, 0.717) is 6.07 Å². The minimum absolute atomic E-state index is 0.0618. The zero-order chi connectivity index (χ0) is 27.3. The molecule has 3 rings (SSSR count). The van der Waals surface area contributed by atoms with Crippen molar-refractivity contribution in [1.82, 2.24) is 0 Å². The van der Waals surface area contributed by atoms with Crippen molar-refractivity contribution in [3.63, 3.8) is 0 Å². The fourth-order valence-electron chi connectivity index (χ4n) is 3.37. The molecule has 3 aromatic rings. The second-order valence-corrected chi connectivity index (χ2v) is 7.80. The van der Waals surface area contributed by atoms with Crippen LogP contribution in [-0.4, -0.2) is 36.4 Å². The van der Waals surface area contributed by atoms with Gasteiger partial charge in [0, 0.05) is 16.7 Å². The maximum atomic E-state index is 14.8. The van der Waals surface area contributed by atoms with E-state index >= 15 is 0 Å². The molecule has 37 heavy (non-hydrogen) atoms. The molecule has 0 saturated heterocycles. The van der Waals surface area contributed by atoms with E-state index in [1.54, 1.807) is 0 Å². The van der Waals surface area contributed by atoms with E-state index in [1.807, 2.05) is 0 Å². The van der Waals surface area contributed by atoms with Crippen LogP contribution in [0.1, 0.15) is 43.0 Å². The van der Waals surface area contributed by atoms with Crippen molar-refractivity contribution in [3.8, 4) is 11.8 Å². The zero-order valence-electron chi connectivity index (χ0n) is 19.0. The number of esters is 1. The van der Waals surface area contributed by atoms with Gasteiger partial charge in [0.15, 0.2) is 0 Å². The topological polar surface area (TPSA) is 99.5 Å². The lowest BCUT2D eigenvalue weighted by molar-refractivity contribution is -0.137. The number of aliphatic hydroxyl groups excluding tert-OH is 1. The average molecular weight is 533 g/mol. The summed E-state index contributed by atoms with van der Waals surface area (Å²) in [4.78, 5) is 24.7. The number of amides is 1. The number of methoxy groups -OCH3 is 1. The summed E-state index contributed by atoms with van der Waals surface area (Å²) in [6.45, 7) is -0.481. The van der Waals surface area contributed by atoms with Crippen LogP contribution in [-0.2, 0) is 10.9 Å². The molecule has 0 atom stereocenters. The number of rotatable bonds is 5. The van der Waals surface area contributed by atoms with Crippen molar-refractivity contribution in [1.29, 1.82) is 5.41 Å². The molecule has 0 bridgehead atoms. The molecule has 190 valence electrons. The Labute approximate surface area is 213 Å². The second kappa shape index (κ2) is 11.2. The van der Waals surface area contributed by atoms with Crippen LogP contribution in [0.5, 0.6) is 0 Å². The molecule has 0 spiro atoms. The third-order valence-electron chi connectivity index (χ3n) is 5.05. The highest BCUT2D eigenvalue weighted by Gasteiger charge is 2.36. The zero-order valence-corrected chi connectivity index (χ0v) is 19.7. The Balaban J connectivity index is 2.10. The standard InChI is InChI=1S/C26H17ClF4N2O4/c1-37-25(36)15-8-10-16(20(28)13-15)23(32)17-9-7-14(4-3-11-34)12-21(17)33-24(35)22-18(26(29,30)31)5-2-6-19(22)27/h2,5-10,12-13,32,34H,11H2,1H3,(H,33,35). The second-order valence-electron chi connectivity index (χ2n) is 7.40. The van der Waals surface area contributed by atoms with Gasteiger partial charge in [-0.2, -0.15) is 13.2 Å². The van der Waals surface area contributed by atoms with Crippen LogP contribution in [0.2, 0.25) is 5.02 Å². The quantitative estimate of drug-likeness (QED) is 0.180. The highest BCUT2D eigenvalue weighted by Crippen LogP contribution is 2.35. The van der Waals surface area contributed by atoms with Crippen LogP contribution in [0.3, 0.4) is 0 Å². The van der Waals surface area contributed by atoms with Gasteiger partial charge in [-0.1, -0.05) is 29.5 Å². The molecule has 0 aliphatic carbocycles. The lowest BCUT2D eigenvalue weighted by atomic mass is 9.97. The molecule has 0 aliphatic heterocycles. The predicted molar refractivity (Wildman–Crippen MR) is 128 cm³/mol. The average Bonchev–Trinajstić information content (AvgIpc) is 2.85. The van der Waals surface area contributed by atoms with Gasteiger partial charge in [0.25, 0.3) is 5.91 Å². The third-order valence-corrected chi connectivity index (χ3v) is 5.37. The molecule has 3 N–H and O–H groups in total. The summed E-state index contributed by atoms with van der Waals surface area (Å²) in [5, 5.41) is 19.3. The number of ether oxygens (including phenoxy) is 1. The van der Waals surface area contributed by atoms with Gasteiger partial charge in [0.2, 0.25) is 0 Å². The molecular formula is C26H17ClF4N2O4. The Morgan fingerprint density at radius 2 is 1.81 bits per heavy atom. The summed E-state index contributed by atoms with van der Waals surface area (Å²) in [7, 11) is 1.12. The van der Waals surface area contributed by atoms with E-state index in [9.17, 15) is 27.2 Å². The first-order valence-corrected chi connectivity index (χ1v) is 10.7. The largest absolute Gasteiger partial charge is 0.465 e. The van der Waals surface area contributed by atoms with Crippen molar-refractivity contribution < 1.29 is 37.0 Å². The Morgan fingerprint density at radius 3 is 2.43 bits per heavy atom. The van der Waals surface area contributed by atoms with Gasteiger partial charge in [-0.3, -0.25) is 10.2 Å². The minimum atomic E-state index is -4.88. The molecule has 0 heterocycles. The Morgan fingerprint density at radius 1 is 1.11 bits per heavy atom. The van der Waals surface area contributed by atoms with Crippen molar-refractivity contribution in [2.45, 2.75) is 6.18 Å². The molecule has 0 unspecified atom stereocenters. The molecule has 0 saturated carbocycles. The number of nitrogens with one attached hydrogen (secondary N) is 2. The number of halogens is 5. The summed E-state index contributed by atoms with van der Waals surface area (Å²) >= 11 is 5.93. The number of anilines is 1. The summed E-state index contributed by atoms with van der Waals surface area (Å²) in [5.74, 6) is 2.02. The third kappa shape index (κ3) is 6.14. The molecule has 3 aromatic carbocycles. The van der Waals surface area contributed by atoms with Crippen LogP contribution in [0.4, 0.5) is 23.2 Å². The monoisotopic (exact) mass is 532 g/mol. The van der Waals surface area contributed by atoms with Gasteiger partial charge < -0.3 is 15.2 Å². The van der Waals surface area contributed by atoms with Crippen LogP contribution < -0.4 is 5.32 Å². The highest BCUT2D eigenvalue weighted by molar-refractivity contribution is 6.34. The number of carbonyl (C=O) groups is 2. The van der Waals surface area contributed by atoms with E-state index in [2.05, 4.69) is 21.9 Å². The maximum Gasteiger partial charge on any atom is 0.417 e. The molecule has 0 fully saturated rings. The Kier molecular flexibility index (Phi) is 8.32. The smallest absolute Gasteiger partial charge is 0.417 e. The number of hydrogen-bond acceptors (Lipinski definition) is 5. The van der Waals surface area contributed by atoms with Crippen molar-refractivity contribution in [2.24, 2.45) is 0 Å². The van der Waals surface area contributed by atoms with Crippen molar-refractivity contribution in [2.75, 3.05) is 19.0 Å². The number of benzene rings is 3. The van der Waals surface area contributed by atoms with Crippen LogP contribution in [0.15, 0.2) is 54.6 Å². The van der Waals surface area contributed by atoms with Crippen LogP contribution in [0, 0.1) is 23.1 Å². The molecule has 0 aliphatic rings. The summed E-state index contributed by atoms with van der Waals surface area (Å²) in [5.41, 5.74) is -2.88. The van der Waals surface area contributed by atoms with Crippen molar-refractivity contribution >= 4 is 34.9 Å². The van der Waals surface area contributed by atoms with Gasteiger partial charge >= 0.3 is 12.1 Å². The van der Waals surface area contributed by atoms with Crippen LogP contribution in [0.25, 0.3) is 0 Å². The Bertz CT molecular complexity index is 1460. The number of carbonyl (C=O) groups excluding carboxylic acids is 2. The fourth-order valence-corrected chi connectivity index (χ4v) is 3.63. The molecule has 11 heteroatoms. The van der Waals surface area contributed by atoms with Crippen LogP contribution >= 0.6 is 11.6 Å². The molecule has 0 radical (unpaired) electrons. The van der Waals surface area contributed by atoms with Gasteiger partial charge in [0.1, 0.15) is 12.4 Å². The van der Waals surface area contributed by atoms with Gasteiger partial charge in [-0.25, -0.2) is 9.18 Å². The first-order valence-electron chi connectivity index (χ1n) is 10.4. The normalized spacial score (nSPS) is 10.8. The summed E-state index contributed by atoms with van der Waals surface area (Å²) in [6.07, 6.45) is -4.88. The maximum absolute atomic E-state index is 14.8. The number of alkyl halides is 3. The van der Waals surface area contributed by atoms with Gasteiger partial charge in [-0.05, 0) is 48.5 Å². The SMILES string of the molecule is COC(=O)c1ccc(C(=N)c2ccc(C#CCO)cc2NC(=O)c2c(Cl)cccc2C(F)(F)F)c(F)c1. The molecule has 6 nitrogen and oxygen atoms in total. The fraction of sp³-hybridized carbons (Fsp3) is 0.115. The van der Waals surface area contributed by atoms with Gasteiger partial charge in [0.05, 0.1) is 40.2 Å². The van der Waals surface area contributed by atoms with Gasteiger partial charge in [-0.15, -0.1) is 0 Å². The van der Waals surface area contributed by atoms with E-state index in [-0.39, 0.29) is 27.9 Å². The molecule has 0 aromatic heterocycles. The first kappa shape index (κ1) is 27.4. The summed E-state index contributed by atoms with van der Waals surface area (Å²) < 4.78 is 59.9.